The lowest BCUT2D eigenvalue weighted by Crippen LogP contribution is -2.26. The molecule has 3 rings (SSSR count). The average Bonchev–Trinajstić information content (AvgIpc) is 3.07. The van der Waals surface area contributed by atoms with Crippen LogP contribution in [0.25, 0.3) is 0 Å². The van der Waals surface area contributed by atoms with Crippen LogP contribution in [0.2, 0.25) is 0 Å². The van der Waals surface area contributed by atoms with Crippen molar-refractivity contribution in [3.8, 4) is 0 Å². The Labute approximate surface area is 129 Å². The molecule has 1 aromatic carbocycles. The minimum absolute atomic E-state index is 0.0558. The van der Waals surface area contributed by atoms with Crippen molar-refractivity contribution in [3.05, 3.63) is 54.0 Å². The lowest BCUT2D eigenvalue weighted by atomic mass is 10.2. The van der Waals surface area contributed by atoms with Crippen LogP contribution in [-0.2, 0) is 10.0 Å². The second-order valence-electron chi connectivity index (χ2n) is 5.29. The maximum atomic E-state index is 12.0. The Morgan fingerprint density at radius 2 is 2.00 bits per heavy atom. The van der Waals surface area contributed by atoms with Crippen LogP contribution in [0.1, 0.15) is 17.4 Å². The summed E-state index contributed by atoms with van der Waals surface area (Å²) in [4.78, 5) is 6.72. The zero-order chi connectivity index (χ0) is 15.7. The van der Waals surface area contributed by atoms with E-state index < -0.39 is 10.0 Å². The van der Waals surface area contributed by atoms with Crippen LogP contribution in [0, 0.1) is 0 Å². The van der Waals surface area contributed by atoms with Crippen molar-refractivity contribution in [3.63, 3.8) is 0 Å². The molecule has 0 amide bonds. The fourth-order valence-corrected chi connectivity index (χ4v) is 3.67. The first kappa shape index (κ1) is 14.8. The molecule has 116 valence electrons. The third-order valence-corrected chi connectivity index (χ3v) is 4.98. The van der Waals surface area contributed by atoms with E-state index in [1.54, 1.807) is 30.5 Å². The summed E-state index contributed by atoms with van der Waals surface area (Å²) < 4.78 is 32.0. The van der Waals surface area contributed by atoms with Crippen molar-refractivity contribution in [2.24, 2.45) is 4.99 Å². The number of likely N-dealkylation sites (N-methyl/N-ethyl adjacent to an activating group) is 1. The molecule has 2 aromatic rings. The summed E-state index contributed by atoms with van der Waals surface area (Å²) in [7, 11) is 0.367. The Balaban J connectivity index is 1.91. The summed E-state index contributed by atoms with van der Waals surface area (Å²) in [5.74, 6) is 1.18. The average molecular weight is 319 g/mol. The zero-order valence-corrected chi connectivity index (χ0v) is 13.2. The highest BCUT2D eigenvalue weighted by molar-refractivity contribution is 7.90. The summed E-state index contributed by atoms with van der Waals surface area (Å²) in [5, 5.41) is 0. The first-order valence-electron chi connectivity index (χ1n) is 6.85. The van der Waals surface area contributed by atoms with Crippen molar-refractivity contribution in [1.82, 2.24) is 9.62 Å². The van der Waals surface area contributed by atoms with E-state index in [4.69, 9.17) is 4.42 Å². The van der Waals surface area contributed by atoms with Gasteiger partial charge in [-0.15, -0.1) is 0 Å². The third kappa shape index (κ3) is 2.65. The van der Waals surface area contributed by atoms with Crippen LogP contribution < -0.4 is 4.72 Å². The first-order valence-corrected chi connectivity index (χ1v) is 8.34. The van der Waals surface area contributed by atoms with Gasteiger partial charge in [0.1, 0.15) is 11.6 Å². The Kier molecular flexibility index (Phi) is 3.76. The van der Waals surface area contributed by atoms with Crippen LogP contribution in [0.15, 0.2) is 57.0 Å². The smallest absolute Gasteiger partial charge is 0.263 e. The number of benzene rings is 1. The highest BCUT2D eigenvalue weighted by atomic mass is 32.2. The van der Waals surface area contributed by atoms with Crippen LogP contribution in [-0.4, -0.2) is 39.8 Å². The number of fused-ring (bicyclic) bond motifs is 1. The molecule has 1 atom stereocenters. The first-order chi connectivity index (χ1) is 10.5. The van der Waals surface area contributed by atoms with E-state index >= 15 is 0 Å². The van der Waals surface area contributed by atoms with Gasteiger partial charge in [0, 0.05) is 5.56 Å². The molecule has 6 nitrogen and oxygen atoms in total. The van der Waals surface area contributed by atoms with E-state index in [1.165, 1.54) is 0 Å². The number of aliphatic imine (C=N–C) groups is 1. The molecule has 1 N–H and O–H groups in total. The molecular formula is C15H17N3O3S. The zero-order valence-electron chi connectivity index (χ0n) is 12.4. The molecule has 1 aliphatic heterocycles. The van der Waals surface area contributed by atoms with E-state index in [2.05, 4.69) is 9.71 Å². The summed E-state index contributed by atoms with van der Waals surface area (Å²) in [5.41, 5.74) is 0.611. The van der Waals surface area contributed by atoms with Gasteiger partial charge in [0.25, 0.3) is 10.0 Å². The highest BCUT2D eigenvalue weighted by Gasteiger charge is 2.30. The maximum absolute atomic E-state index is 12.0. The molecule has 0 fully saturated rings. The van der Waals surface area contributed by atoms with E-state index in [1.807, 2.05) is 31.1 Å². The highest BCUT2D eigenvalue weighted by Crippen LogP contribution is 2.24. The standard InChI is InChI=1S/C15H17N3O3S/c1-18(2)12(13-7-5-9-21-13)10-16-15-11-6-3-4-8-14(11)22(19,20)17-15/h3-9,12H,10H2,1-2H3,(H,16,17)/t12-/m0/s1. The van der Waals surface area contributed by atoms with Gasteiger partial charge in [-0.3, -0.25) is 14.6 Å². The molecule has 1 aromatic heterocycles. The van der Waals surface area contributed by atoms with Gasteiger partial charge >= 0.3 is 0 Å². The van der Waals surface area contributed by atoms with Crippen LogP contribution in [0.3, 0.4) is 0 Å². The van der Waals surface area contributed by atoms with Crippen molar-refractivity contribution >= 4 is 15.9 Å². The number of nitrogens with zero attached hydrogens (tertiary/aromatic N) is 2. The van der Waals surface area contributed by atoms with Gasteiger partial charge < -0.3 is 4.42 Å². The lowest BCUT2D eigenvalue weighted by molar-refractivity contribution is 0.265. The van der Waals surface area contributed by atoms with Crippen molar-refractivity contribution in [2.75, 3.05) is 20.6 Å². The van der Waals surface area contributed by atoms with Gasteiger partial charge in [-0.2, -0.15) is 0 Å². The number of rotatable bonds is 4. The van der Waals surface area contributed by atoms with Crippen molar-refractivity contribution in [1.29, 1.82) is 0 Å². The quantitative estimate of drug-likeness (QED) is 0.929. The SMILES string of the molecule is CN(C)[C@@H](CN=C1NS(=O)(=O)c2ccccc21)c1ccco1. The number of hydrogen-bond donors (Lipinski definition) is 1. The number of hydrogen-bond acceptors (Lipinski definition) is 5. The third-order valence-electron chi connectivity index (χ3n) is 3.58. The van der Waals surface area contributed by atoms with Crippen molar-refractivity contribution in [2.45, 2.75) is 10.9 Å². The molecule has 0 saturated carbocycles. The predicted molar refractivity (Wildman–Crippen MR) is 83.3 cm³/mol. The van der Waals surface area contributed by atoms with Crippen LogP contribution in [0.5, 0.6) is 0 Å². The van der Waals surface area contributed by atoms with Crippen LogP contribution >= 0.6 is 0 Å². The van der Waals surface area contributed by atoms with Gasteiger partial charge in [-0.1, -0.05) is 12.1 Å². The molecular weight excluding hydrogens is 302 g/mol. The Morgan fingerprint density at radius 1 is 1.23 bits per heavy atom. The minimum Gasteiger partial charge on any atom is -0.468 e. The van der Waals surface area contributed by atoms with Crippen LogP contribution in [0.4, 0.5) is 0 Å². The van der Waals surface area contributed by atoms with Gasteiger partial charge in [-0.25, -0.2) is 8.42 Å². The Bertz CT molecular complexity index is 795. The second-order valence-corrected chi connectivity index (χ2v) is 6.94. The van der Waals surface area contributed by atoms with E-state index in [9.17, 15) is 8.42 Å². The largest absolute Gasteiger partial charge is 0.468 e. The second kappa shape index (κ2) is 5.58. The molecule has 7 heteroatoms. The maximum Gasteiger partial charge on any atom is 0.263 e. The molecule has 0 saturated heterocycles. The normalized spacial score (nSPS) is 19.1. The fraction of sp³-hybridized carbons (Fsp3) is 0.267. The molecule has 2 heterocycles. The van der Waals surface area contributed by atoms with Gasteiger partial charge in [0.15, 0.2) is 0 Å². The topological polar surface area (TPSA) is 74.9 Å². The summed E-state index contributed by atoms with van der Waals surface area (Å²) in [6.45, 7) is 0.396. The predicted octanol–water partition coefficient (Wildman–Crippen LogP) is 1.62. The Morgan fingerprint density at radius 3 is 2.68 bits per heavy atom. The van der Waals surface area contributed by atoms with E-state index in [0.717, 1.165) is 5.76 Å². The number of furan rings is 1. The summed E-state index contributed by atoms with van der Waals surface area (Å²) in [6, 6.07) is 10.5. The monoisotopic (exact) mass is 319 g/mol. The molecule has 0 unspecified atom stereocenters. The summed E-state index contributed by atoms with van der Waals surface area (Å²) >= 11 is 0. The lowest BCUT2D eigenvalue weighted by Gasteiger charge is -2.20. The molecule has 0 radical (unpaired) electrons. The summed E-state index contributed by atoms with van der Waals surface area (Å²) in [6.07, 6.45) is 1.62. The van der Waals surface area contributed by atoms with E-state index in [0.29, 0.717) is 17.9 Å². The molecule has 22 heavy (non-hydrogen) atoms. The van der Waals surface area contributed by atoms with E-state index in [-0.39, 0.29) is 10.9 Å². The minimum atomic E-state index is -3.49. The van der Waals surface area contributed by atoms with Gasteiger partial charge in [-0.05, 0) is 38.4 Å². The van der Waals surface area contributed by atoms with Gasteiger partial charge in [0.2, 0.25) is 0 Å². The molecule has 0 aliphatic carbocycles. The molecule has 1 aliphatic rings. The van der Waals surface area contributed by atoms with Crippen molar-refractivity contribution < 1.29 is 12.8 Å². The fourth-order valence-electron chi connectivity index (χ4n) is 2.42. The number of nitrogens with one attached hydrogen (secondary N) is 1. The molecule has 0 spiro atoms. The molecule has 0 bridgehead atoms. The van der Waals surface area contributed by atoms with Gasteiger partial charge in [0.05, 0.1) is 23.7 Å². The Hall–Kier alpha value is -2.12. The number of amidine groups is 1. The number of sulfonamides is 1.